The molecule has 0 amide bonds. The summed E-state index contributed by atoms with van der Waals surface area (Å²) in [7, 11) is 0. The fourth-order valence-corrected chi connectivity index (χ4v) is 4.37. The van der Waals surface area contributed by atoms with Crippen LogP contribution in [0.25, 0.3) is 15.9 Å². The average Bonchev–Trinajstić information content (AvgIpc) is 3.11. The molecule has 0 saturated heterocycles. The molecule has 0 spiro atoms. The Bertz CT molecular complexity index is 1120. The average molecular weight is 382 g/mol. The predicted octanol–water partition coefficient (Wildman–Crippen LogP) is 5.19. The molecule has 26 heavy (non-hydrogen) atoms. The van der Waals surface area contributed by atoms with Crippen LogP contribution < -0.4 is 5.56 Å². The van der Waals surface area contributed by atoms with Gasteiger partial charge in [-0.1, -0.05) is 41.6 Å². The van der Waals surface area contributed by atoms with Crippen molar-refractivity contribution in [1.82, 2.24) is 9.55 Å². The van der Waals surface area contributed by atoms with Gasteiger partial charge in [0, 0.05) is 5.75 Å². The number of nitrogens with zero attached hydrogens (tertiary/aromatic N) is 2. The standard InChI is InChI=1S/C20H15FN2OS2/c1-13-2-4-14(5-3-13)12-26-20-22-17-10-11-25-18(17)19(24)23(20)16-8-6-15(21)7-9-16/h2-11H,12H2,1H3. The number of hydrogen-bond acceptors (Lipinski definition) is 4. The van der Waals surface area contributed by atoms with E-state index in [1.807, 2.05) is 11.4 Å². The van der Waals surface area contributed by atoms with Gasteiger partial charge in [-0.3, -0.25) is 9.36 Å². The highest BCUT2D eigenvalue weighted by atomic mass is 32.2. The third kappa shape index (κ3) is 3.30. The van der Waals surface area contributed by atoms with Gasteiger partial charge in [0.25, 0.3) is 5.56 Å². The van der Waals surface area contributed by atoms with Crippen LogP contribution in [0.2, 0.25) is 0 Å². The topological polar surface area (TPSA) is 34.9 Å². The van der Waals surface area contributed by atoms with E-state index in [1.165, 1.54) is 40.8 Å². The fourth-order valence-electron chi connectivity index (χ4n) is 2.64. The smallest absolute Gasteiger partial charge is 0.267 e. The highest BCUT2D eigenvalue weighted by Crippen LogP contribution is 2.26. The van der Waals surface area contributed by atoms with Gasteiger partial charge in [0.05, 0.1) is 11.2 Å². The summed E-state index contributed by atoms with van der Waals surface area (Å²) < 4.78 is 15.5. The van der Waals surface area contributed by atoms with Crippen LogP contribution in [0.15, 0.2) is 69.9 Å². The zero-order valence-electron chi connectivity index (χ0n) is 14.0. The summed E-state index contributed by atoms with van der Waals surface area (Å²) in [6, 6.07) is 16.1. The van der Waals surface area contributed by atoms with Gasteiger partial charge in [-0.05, 0) is 48.2 Å². The molecule has 4 aromatic rings. The molecule has 0 aliphatic carbocycles. The van der Waals surface area contributed by atoms with Crippen molar-refractivity contribution in [3.63, 3.8) is 0 Å². The second kappa shape index (κ2) is 7.05. The number of thioether (sulfide) groups is 1. The van der Waals surface area contributed by atoms with Gasteiger partial charge in [0.15, 0.2) is 5.16 Å². The quantitative estimate of drug-likeness (QED) is 0.360. The summed E-state index contributed by atoms with van der Waals surface area (Å²) in [5.74, 6) is 0.365. The molecule has 2 heterocycles. The first-order chi connectivity index (χ1) is 12.6. The summed E-state index contributed by atoms with van der Waals surface area (Å²) in [4.78, 5) is 17.6. The maximum absolute atomic E-state index is 13.3. The molecule has 130 valence electrons. The van der Waals surface area contributed by atoms with E-state index in [2.05, 4.69) is 36.2 Å². The van der Waals surface area contributed by atoms with Crippen LogP contribution >= 0.6 is 23.1 Å². The highest BCUT2D eigenvalue weighted by Gasteiger charge is 2.14. The molecule has 4 rings (SSSR count). The number of halogens is 1. The molecule has 0 unspecified atom stereocenters. The van der Waals surface area contributed by atoms with Crippen molar-refractivity contribution in [2.45, 2.75) is 17.8 Å². The van der Waals surface area contributed by atoms with Gasteiger partial charge in [-0.25, -0.2) is 9.37 Å². The van der Waals surface area contributed by atoms with Crippen LogP contribution in [0.4, 0.5) is 4.39 Å². The fraction of sp³-hybridized carbons (Fsp3) is 0.100. The van der Waals surface area contributed by atoms with Crippen LogP contribution in [0, 0.1) is 12.7 Å². The van der Waals surface area contributed by atoms with Crippen molar-refractivity contribution in [2.75, 3.05) is 0 Å². The molecule has 6 heteroatoms. The Labute approximate surface area is 158 Å². The maximum atomic E-state index is 13.3. The molecule has 0 N–H and O–H groups in total. The summed E-state index contributed by atoms with van der Waals surface area (Å²) in [6.45, 7) is 2.05. The molecule has 0 saturated carbocycles. The summed E-state index contributed by atoms with van der Waals surface area (Å²) in [5.41, 5.74) is 3.56. The zero-order chi connectivity index (χ0) is 18.1. The van der Waals surface area contributed by atoms with Gasteiger partial charge < -0.3 is 0 Å². The van der Waals surface area contributed by atoms with E-state index in [4.69, 9.17) is 0 Å². The first-order valence-electron chi connectivity index (χ1n) is 8.06. The Hall–Kier alpha value is -2.44. The monoisotopic (exact) mass is 382 g/mol. The normalized spacial score (nSPS) is 11.2. The summed E-state index contributed by atoms with van der Waals surface area (Å²) >= 11 is 2.87. The third-order valence-corrected chi connectivity index (χ3v) is 5.92. The molecule has 2 aromatic carbocycles. The molecular formula is C20H15FN2OS2. The lowest BCUT2D eigenvalue weighted by molar-refractivity contribution is 0.627. The zero-order valence-corrected chi connectivity index (χ0v) is 15.6. The lowest BCUT2D eigenvalue weighted by Crippen LogP contribution is -2.20. The first-order valence-corrected chi connectivity index (χ1v) is 9.93. The van der Waals surface area contributed by atoms with Crippen molar-refractivity contribution in [2.24, 2.45) is 0 Å². The van der Waals surface area contributed by atoms with Crippen LogP contribution in [0.5, 0.6) is 0 Å². The molecule has 0 bridgehead atoms. The lowest BCUT2D eigenvalue weighted by atomic mass is 10.2. The molecule has 0 fully saturated rings. The molecular weight excluding hydrogens is 367 g/mol. The Balaban J connectivity index is 1.79. The van der Waals surface area contributed by atoms with Crippen LogP contribution in [-0.4, -0.2) is 9.55 Å². The number of fused-ring (bicyclic) bond motifs is 1. The van der Waals surface area contributed by atoms with Gasteiger partial charge in [-0.2, -0.15) is 0 Å². The van der Waals surface area contributed by atoms with E-state index in [1.54, 1.807) is 16.7 Å². The summed E-state index contributed by atoms with van der Waals surface area (Å²) in [5, 5.41) is 2.47. The number of rotatable bonds is 4. The third-order valence-electron chi connectivity index (χ3n) is 4.02. The lowest BCUT2D eigenvalue weighted by Gasteiger charge is -2.12. The minimum absolute atomic E-state index is 0.122. The second-order valence-corrected chi connectivity index (χ2v) is 7.78. The molecule has 3 nitrogen and oxygen atoms in total. The highest BCUT2D eigenvalue weighted by molar-refractivity contribution is 7.98. The first kappa shape index (κ1) is 17.0. The molecule has 2 aromatic heterocycles. The van der Waals surface area contributed by atoms with Gasteiger partial charge in [-0.15, -0.1) is 11.3 Å². The van der Waals surface area contributed by atoms with Crippen molar-refractivity contribution in [3.8, 4) is 5.69 Å². The predicted molar refractivity (Wildman–Crippen MR) is 106 cm³/mol. The minimum atomic E-state index is -0.333. The molecule has 0 aliphatic rings. The number of hydrogen-bond donors (Lipinski definition) is 0. The molecule has 0 radical (unpaired) electrons. The van der Waals surface area contributed by atoms with Crippen LogP contribution in [0.3, 0.4) is 0 Å². The molecule has 0 aliphatic heterocycles. The van der Waals surface area contributed by atoms with Crippen LogP contribution in [-0.2, 0) is 5.75 Å². The van der Waals surface area contributed by atoms with Crippen molar-refractivity contribution in [1.29, 1.82) is 0 Å². The van der Waals surface area contributed by atoms with E-state index in [0.717, 1.165) is 5.56 Å². The van der Waals surface area contributed by atoms with Gasteiger partial charge in [0.2, 0.25) is 0 Å². The van der Waals surface area contributed by atoms with Gasteiger partial charge in [0.1, 0.15) is 10.5 Å². The number of thiophene rings is 1. The SMILES string of the molecule is Cc1ccc(CSc2nc3ccsc3c(=O)n2-c2ccc(F)cc2)cc1. The van der Waals surface area contributed by atoms with Crippen molar-refractivity contribution >= 4 is 33.3 Å². The van der Waals surface area contributed by atoms with E-state index in [0.29, 0.717) is 26.8 Å². The minimum Gasteiger partial charge on any atom is -0.267 e. The molecule has 0 atom stereocenters. The van der Waals surface area contributed by atoms with Gasteiger partial charge >= 0.3 is 0 Å². The van der Waals surface area contributed by atoms with Crippen molar-refractivity contribution < 1.29 is 4.39 Å². The Morgan fingerprint density at radius 3 is 2.54 bits per heavy atom. The van der Waals surface area contributed by atoms with E-state index >= 15 is 0 Å². The Kier molecular flexibility index (Phi) is 4.61. The number of aryl methyl sites for hydroxylation is 1. The van der Waals surface area contributed by atoms with E-state index in [9.17, 15) is 9.18 Å². The largest absolute Gasteiger partial charge is 0.276 e. The second-order valence-electron chi connectivity index (χ2n) is 5.92. The van der Waals surface area contributed by atoms with E-state index < -0.39 is 0 Å². The van der Waals surface area contributed by atoms with E-state index in [-0.39, 0.29) is 11.4 Å². The van der Waals surface area contributed by atoms with Crippen molar-refractivity contribution in [3.05, 3.63) is 87.3 Å². The Morgan fingerprint density at radius 2 is 1.81 bits per heavy atom. The number of benzene rings is 2. The summed E-state index contributed by atoms with van der Waals surface area (Å²) in [6.07, 6.45) is 0. The maximum Gasteiger partial charge on any atom is 0.276 e. The van der Waals surface area contributed by atoms with Crippen LogP contribution in [0.1, 0.15) is 11.1 Å². The number of aromatic nitrogens is 2. The Morgan fingerprint density at radius 1 is 1.08 bits per heavy atom.